The van der Waals surface area contributed by atoms with Gasteiger partial charge >= 0.3 is 5.97 Å². The van der Waals surface area contributed by atoms with Crippen LogP contribution in [0.3, 0.4) is 0 Å². The molecule has 1 unspecified atom stereocenters. The summed E-state index contributed by atoms with van der Waals surface area (Å²) in [5.74, 6) is 0.109. The molecule has 0 amide bonds. The van der Waals surface area contributed by atoms with Crippen molar-refractivity contribution in [1.29, 1.82) is 0 Å². The zero-order chi connectivity index (χ0) is 12.0. The van der Waals surface area contributed by atoms with Crippen LogP contribution in [0.1, 0.15) is 33.1 Å². The number of hydrogen-bond acceptors (Lipinski definition) is 3. The van der Waals surface area contributed by atoms with Crippen molar-refractivity contribution in [2.45, 2.75) is 39.2 Å². The summed E-state index contributed by atoms with van der Waals surface area (Å²) in [7, 11) is 0. The number of aliphatic carboxylic acids is 1. The maximum absolute atomic E-state index is 11.0. The zero-order valence-electron chi connectivity index (χ0n) is 10.4. The SMILES string of the molecule is CCNC(CN1CCC(CC)CC1)C(=O)O. The van der Waals surface area contributed by atoms with Gasteiger partial charge in [-0.15, -0.1) is 0 Å². The lowest BCUT2D eigenvalue weighted by Crippen LogP contribution is -2.48. The Kier molecular flexibility index (Phi) is 5.77. The van der Waals surface area contributed by atoms with Crippen LogP contribution in [0.15, 0.2) is 0 Å². The van der Waals surface area contributed by atoms with Crippen molar-refractivity contribution >= 4 is 5.97 Å². The first-order valence-electron chi connectivity index (χ1n) is 6.35. The fourth-order valence-corrected chi connectivity index (χ4v) is 2.31. The molecular weight excluding hydrogens is 204 g/mol. The van der Waals surface area contributed by atoms with Crippen LogP contribution in [0, 0.1) is 5.92 Å². The third-order valence-corrected chi connectivity index (χ3v) is 3.47. The van der Waals surface area contributed by atoms with Crippen molar-refractivity contribution in [2.75, 3.05) is 26.2 Å². The first-order chi connectivity index (χ1) is 7.67. The molecule has 0 aliphatic carbocycles. The summed E-state index contributed by atoms with van der Waals surface area (Å²) < 4.78 is 0. The van der Waals surface area contributed by atoms with E-state index in [0.29, 0.717) is 13.1 Å². The average Bonchev–Trinajstić information content (AvgIpc) is 2.29. The Labute approximate surface area is 98.0 Å². The molecule has 0 bridgehead atoms. The summed E-state index contributed by atoms with van der Waals surface area (Å²) in [6, 6.07) is -0.414. The molecule has 0 aromatic rings. The predicted octanol–water partition coefficient (Wildman–Crippen LogP) is 1.17. The molecule has 1 aliphatic rings. The summed E-state index contributed by atoms with van der Waals surface area (Å²) >= 11 is 0. The van der Waals surface area contributed by atoms with Crippen LogP contribution in [0.5, 0.6) is 0 Å². The van der Waals surface area contributed by atoms with Crippen molar-refractivity contribution in [3.05, 3.63) is 0 Å². The van der Waals surface area contributed by atoms with E-state index in [9.17, 15) is 4.79 Å². The van der Waals surface area contributed by atoms with Crippen molar-refractivity contribution in [1.82, 2.24) is 10.2 Å². The first kappa shape index (κ1) is 13.5. The van der Waals surface area contributed by atoms with Crippen LogP contribution in [-0.2, 0) is 4.79 Å². The smallest absolute Gasteiger partial charge is 0.322 e. The Hall–Kier alpha value is -0.610. The van der Waals surface area contributed by atoms with Gasteiger partial charge in [-0.1, -0.05) is 20.3 Å². The molecule has 0 radical (unpaired) electrons. The van der Waals surface area contributed by atoms with Crippen molar-refractivity contribution in [2.24, 2.45) is 5.92 Å². The van der Waals surface area contributed by atoms with Gasteiger partial charge in [0.15, 0.2) is 0 Å². The van der Waals surface area contributed by atoms with E-state index in [1.165, 1.54) is 19.3 Å². The van der Waals surface area contributed by atoms with Gasteiger partial charge in [-0.05, 0) is 38.4 Å². The Balaban J connectivity index is 2.33. The summed E-state index contributed by atoms with van der Waals surface area (Å²) in [6.07, 6.45) is 3.69. The van der Waals surface area contributed by atoms with Crippen LogP contribution in [0.2, 0.25) is 0 Å². The zero-order valence-corrected chi connectivity index (χ0v) is 10.4. The lowest BCUT2D eigenvalue weighted by Gasteiger charge is -2.33. The quantitative estimate of drug-likeness (QED) is 0.716. The lowest BCUT2D eigenvalue weighted by atomic mass is 9.94. The summed E-state index contributed by atoms with van der Waals surface area (Å²) in [5.41, 5.74) is 0. The summed E-state index contributed by atoms with van der Waals surface area (Å²) in [5, 5.41) is 12.1. The minimum absolute atomic E-state index is 0.414. The third-order valence-electron chi connectivity index (χ3n) is 3.47. The minimum atomic E-state index is -0.737. The molecule has 0 saturated carbocycles. The standard InChI is InChI=1S/C12H24N2O2/c1-3-10-5-7-14(8-6-10)9-11(12(15)16)13-4-2/h10-11,13H,3-9H2,1-2H3,(H,15,16). The predicted molar refractivity (Wildman–Crippen MR) is 64.6 cm³/mol. The van der Waals surface area contributed by atoms with E-state index in [-0.39, 0.29) is 0 Å². The van der Waals surface area contributed by atoms with E-state index >= 15 is 0 Å². The Morgan fingerprint density at radius 3 is 2.50 bits per heavy atom. The first-order valence-corrected chi connectivity index (χ1v) is 6.35. The number of piperidine rings is 1. The molecule has 0 aromatic heterocycles. The summed E-state index contributed by atoms with van der Waals surface area (Å²) in [6.45, 7) is 7.63. The number of carboxylic acids is 1. The van der Waals surface area contributed by atoms with E-state index in [1.807, 2.05) is 6.92 Å². The van der Waals surface area contributed by atoms with Crippen LogP contribution in [0.25, 0.3) is 0 Å². The number of likely N-dealkylation sites (tertiary alicyclic amines) is 1. The fraction of sp³-hybridized carbons (Fsp3) is 0.917. The van der Waals surface area contributed by atoms with E-state index in [4.69, 9.17) is 5.11 Å². The van der Waals surface area contributed by atoms with Gasteiger partial charge in [0.05, 0.1) is 0 Å². The van der Waals surface area contributed by atoms with Crippen molar-refractivity contribution < 1.29 is 9.90 Å². The molecular formula is C12H24N2O2. The molecule has 0 spiro atoms. The van der Waals surface area contributed by atoms with Gasteiger partial charge in [0.25, 0.3) is 0 Å². The van der Waals surface area contributed by atoms with Gasteiger partial charge in [0, 0.05) is 6.54 Å². The molecule has 1 saturated heterocycles. The maximum atomic E-state index is 11.0. The van der Waals surface area contributed by atoms with Crippen LogP contribution < -0.4 is 5.32 Å². The number of rotatable bonds is 6. The number of hydrogen-bond donors (Lipinski definition) is 2. The Morgan fingerprint density at radius 1 is 1.44 bits per heavy atom. The number of nitrogens with zero attached hydrogens (tertiary/aromatic N) is 1. The molecule has 2 N–H and O–H groups in total. The number of likely N-dealkylation sites (N-methyl/N-ethyl adjacent to an activating group) is 1. The molecule has 1 heterocycles. The Bertz CT molecular complexity index is 213. The molecule has 1 aliphatic heterocycles. The molecule has 16 heavy (non-hydrogen) atoms. The topological polar surface area (TPSA) is 52.6 Å². The molecule has 4 nitrogen and oxygen atoms in total. The molecule has 1 fully saturated rings. The van der Waals surface area contributed by atoms with E-state index in [0.717, 1.165) is 19.0 Å². The maximum Gasteiger partial charge on any atom is 0.322 e. The van der Waals surface area contributed by atoms with Gasteiger partial charge in [-0.3, -0.25) is 4.79 Å². The van der Waals surface area contributed by atoms with E-state index < -0.39 is 12.0 Å². The minimum Gasteiger partial charge on any atom is -0.480 e. The lowest BCUT2D eigenvalue weighted by molar-refractivity contribution is -0.140. The molecule has 1 rings (SSSR count). The highest BCUT2D eigenvalue weighted by molar-refractivity contribution is 5.73. The fourth-order valence-electron chi connectivity index (χ4n) is 2.31. The third kappa shape index (κ3) is 4.10. The highest BCUT2D eigenvalue weighted by Crippen LogP contribution is 2.19. The van der Waals surface area contributed by atoms with Gasteiger partial charge in [0.2, 0.25) is 0 Å². The second-order valence-corrected chi connectivity index (χ2v) is 4.60. The molecule has 94 valence electrons. The molecule has 1 atom stereocenters. The number of nitrogens with one attached hydrogen (secondary N) is 1. The van der Waals surface area contributed by atoms with Gasteiger partial charge in [-0.25, -0.2) is 0 Å². The largest absolute Gasteiger partial charge is 0.480 e. The van der Waals surface area contributed by atoms with Crippen LogP contribution in [0.4, 0.5) is 0 Å². The van der Waals surface area contributed by atoms with Crippen molar-refractivity contribution in [3.63, 3.8) is 0 Å². The molecule has 4 heteroatoms. The average molecular weight is 228 g/mol. The molecule has 0 aromatic carbocycles. The van der Waals surface area contributed by atoms with E-state index in [2.05, 4.69) is 17.1 Å². The Morgan fingerprint density at radius 2 is 2.06 bits per heavy atom. The van der Waals surface area contributed by atoms with Crippen LogP contribution >= 0.6 is 0 Å². The highest BCUT2D eigenvalue weighted by Gasteiger charge is 2.23. The van der Waals surface area contributed by atoms with Crippen molar-refractivity contribution in [3.8, 4) is 0 Å². The van der Waals surface area contributed by atoms with Crippen LogP contribution in [-0.4, -0.2) is 48.2 Å². The second-order valence-electron chi connectivity index (χ2n) is 4.60. The normalized spacial score (nSPS) is 20.9. The van der Waals surface area contributed by atoms with Gasteiger partial charge in [-0.2, -0.15) is 0 Å². The van der Waals surface area contributed by atoms with Gasteiger partial charge in [0.1, 0.15) is 6.04 Å². The van der Waals surface area contributed by atoms with Gasteiger partial charge < -0.3 is 15.3 Å². The second kappa shape index (κ2) is 6.86. The monoisotopic (exact) mass is 228 g/mol. The number of carbonyl (C=O) groups is 1. The number of carboxylic acid groups (broad SMARTS) is 1. The van der Waals surface area contributed by atoms with E-state index in [1.54, 1.807) is 0 Å². The summed E-state index contributed by atoms with van der Waals surface area (Å²) in [4.78, 5) is 13.3. The highest BCUT2D eigenvalue weighted by atomic mass is 16.4.